The van der Waals surface area contributed by atoms with E-state index in [-0.39, 0.29) is 5.91 Å². The molecule has 0 aliphatic heterocycles. The van der Waals surface area contributed by atoms with Crippen LogP contribution in [0.4, 0.5) is 0 Å². The number of nitrogens with zero attached hydrogens (tertiary/aromatic N) is 3. The Hall–Kier alpha value is -2.12. The van der Waals surface area contributed by atoms with Gasteiger partial charge in [-0.05, 0) is 42.3 Å². The Bertz CT molecular complexity index is 908. The fourth-order valence-electron chi connectivity index (χ4n) is 3.65. The number of rotatable bonds is 6. The highest BCUT2D eigenvalue weighted by molar-refractivity contribution is 7.99. The first kappa shape index (κ1) is 19.2. The molecule has 1 saturated carbocycles. The molecule has 0 radical (unpaired) electrons. The zero-order valence-electron chi connectivity index (χ0n) is 15.9. The van der Waals surface area contributed by atoms with E-state index in [1.54, 1.807) is 11.3 Å². The quantitative estimate of drug-likeness (QED) is 0.592. The number of thioether (sulfide) groups is 1. The highest BCUT2D eigenvalue weighted by Crippen LogP contribution is 2.30. The predicted octanol–water partition coefficient (Wildman–Crippen LogP) is 4.78. The molecule has 0 saturated heterocycles. The van der Waals surface area contributed by atoms with Gasteiger partial charge in [0.15, 0.2) is 11.0 Å². The normalized spacial score (nSPS) is 19.5. The van der Waals surface area contributed by atoms with Crippen LogP contribution in [0.2, 0.25) is 0 Å². The number of carbonyl (C=O) groups excluding carboxylic acids is 1. The second-order valence-corrected chi connectivity index (χ2v) is 9.07. The summed E-state index contributed by atoms with van der Waals surface area (Å²) < 4.78 is 2.03. The zero-order chi connectivity index (χ0) is 19.3. The lowest BCUT2D eigenvalue weighted by molar-refractivity contribution is -0.119. The molecular formula is C21H24N4OS2. The fourth-order valence-corrected chi connectivity index (χ4v) is 5.11. The number of hydrogen-bond acceptors (Lipinski definition) is 5. The molecule has 1 aliphatic carbocycles. The maximum atomic E-state index is 12.5. The van der Waals surface area contributed by atoms with Crippen molar-refractivity contribution in [2.45, 2.75) is 43.8 Å². The van der Waals surface area contributed by atoms with Crippen molar-refractivity contribution in [3.05, 3.63) is 47.8 Å². The molecule has 1 fully saturated rings. The Morgan fingerprint density at radius 2 is 2.00 bits per heavy atom. The molecule has 0 unspecified atom stereocenters. The van der Waals surface area contributed by atoms with Gasteiger partial charge in [-0.25, -0.2) is 0 Å². The third kappa shape index (κ3) is 4.31. The van der Waals surface area contributed by atoms with Crippen molar-refractivity contribution in [2.24, 2.45) is 5.92 Å². The molecule has 1 N–H and O–H groups in total. The van der Waals surface area contributed by atoms with E-state index in [2.05, 4.69) is 22.4 Å². The summed E-state index contributed by atoms with van der Waals surface area (Å²) in [5, 5.41) is 14.8. The highest BCUT2D eigenvalue weighted by atomic mass is 32.2. The topological polar surface area (TPSA) is 59.8 Å². The van der Waals surface area contributed by atoms with E-state index in [1.165, 1.54) is 31.0 Å². The Balaban J connectivity index is 1.51. The van der Waals surface area contributed by atoms with E-state index in [4.69, 9.17) is 0 Å². The van der Waals surface area contributed by atoms with Crippen LogP contribution in [0.15, 0.2) is 53.0 Å². The van der Waals surface area contributed by atoms with Crippen molar-refractivity contribution >= 4 is 29.0 Å². The minimum atomic E-state index is 0.0732. The van der Waals surface area contributed by atoms with Gasteiger partial charge in [0, 0.05) is 11.7 Å². The van der Waals surface area contributed by atoms with Gasteiger partial charge in [-0.2, -0.15) is 0 Å². The molecular weight excluding hydrogens is 388 g/mol. The number of para-hydroxylation sites is 1. The van der Waals surface area contributed by atoms with Gasteiger partial charge in [0.25, 0.3) is 0 Å². The largest absolute Gasteiger partial charge is 0.352 e. The summed E-state index contributed by atoms with van der Waals surface area (Å²) in [6.45, 7) is 2.23. The predicted molar refractivity (Wildman–Crippen MR) is 115 cm³/mol. The van der Waals surface area contributed by atoms with Gasteiger partial charge in [0.1, 0.15) is 0 Å². The van der Waals surface area contributed by atoms with Gasteiger partial charge >= 0.3 is 0 Å². The maximum Gasteiger partial charge on any atom is 0.230 e. The van der Waals surface area contributed by atoms with Crippen molar-refractivity contribution in [1.29, 1.82) is 0 Å². The van der Waals surface area contributed by atoms with Gasteiger partial charge in [0.2, 0.25) is 5.91 Å². The van der Waals surface area contributed by atoms with E-state index in [0.717, 1.165) is 28.0 Å². The average Bonchev–Trinajstić information content (AvgIpc) is 3.38. The van der Waals surface area contributed by atoms with Crippen molar-refractivity contribution in [1.82, 2.24) is 20.1 Å². The molecule has 3 aromatic rings. The summed E-state index contributed by atoms with van der Waals surface area (Å²) >= 11 is 3.07. The number of aromatic nitrogens is 3. The Morgan fingerprint density at radius 3 is 2.75 bits per heavy atom. The van der Waals surface area contributed by atoms with Gasteiger partial charge in [-0.15, -0.1) is 21.5 Å². The lowest BCUT2D eigenvalue weighted by Crippen LogP contribution is -2.41. The molecule has 0 bridgehead atoms. The molecule has 1 aliphatic rings. The summed E-state index contributed by atoms with van der Waals surface area (Å²) in [4.78, 5) is 13.6. The SMILES string of the molecule is C[C@H]1CCCC[C@H]1NC(=O)CSc1nnc(-c2cccs2)n1-c1ccccc1. The molecule has 4 rings (SSSR count). The van der Waals surface area contributed by atoms with E-state index in [0.29, 0.717) is 17.7 Å². The Kier molecular flexibility index (Phi) is 6.12. The standard InChI is InChI=1S/C21H24N4OS2/c1-15-8-5-6-11-17(15)22-19(26)14-28-21-24-23-20(18-12-7-13-27-18)25(21)16-9-3-2-4-10-16/h2-4,7,9-10,12-13,15,17H,5-6,8,11,14H2,1H3,(H,22,26)/t15-,17+/m0/s1. The first-order valence-corrected chi connectivity index (χ1v) is 11.6. The van der Waals surface area contributed by atoms with Crippen LogP contribution in [-0.4, -0.2) is 32.5 Å². The minimum Gasteiger partial charge on any atom is -0.352 e. The summed E-state index contributed by atoms with van der Waals surface area (Å²) in [6.07, 6.45) is 4.76. The second kappa shape index (κ2) is 8.92. The highest BCUT2D eigenvalue weighted by Gasteiger charge is 2.23. The molecule has 2 atom stereocenters. The maximum absolute atomic E-state index is 12.5. The number of thiophene rings is 1. The molecule has 28 heavy (non-hydrogen) atoms. The molecule has 2 aromatic heterocycles. The summed E-state index contributed by atoms with van der Waals surface area (Å²) in [7, 11) is 0. The van der Waals surface area contributed by atoms with Crippen LogP contribution in [0.3, 0.4) is 0 Å². The molecule has 146 valence electrons. The van der Waals surface area contributed by atoms with Crippen LogP contribution < -0.4 is 5.32 Å². The van der Waals surface area contributed by atoms with E-state index in [9.17, 15) is 4.79 Å². The van der Waals surface area contributed by atoms with Gasteiger partial charge in [-0.1, -0.05) is 55.8 Å². The number of amides is 1. The molecule has 2 heterocycles. The monoisotopic (exact) mass is 412 g/mol. The Labute approximate surface area is 173 Å². The van der Waals surface area contributed by atoms with Crippen LogP contribution in [0.1, 0.15) is 32.6 Å². The third-order valence-electron chi connectivity index (χ3n) is 5.18. The van der Waals surface area contributed by atoms with E-state index in [1.807, 2.05) is 52.4 Å². The summed E-state index contributed by atoms with van der Waals surface area (Å²) in [6, 6.07) is 14.4. The third-order valence-corrected chi connectivity index (χ3v) is 6.97. The molecule has 5 nitrogen and oxygen atoms in total. The van der Waals surface area contributed by atoms with Crippen molar-refractivity contribution in [2.75, 3.05) is 5.75 Å². The van der Waals surface area contributed by atoms with E-state index < -0.39 is 0 Å². The lowest BCUT2D eigenvalue weighted by atomic mass is 9.86. The van der Waals surface area contributed by atoms with E-state index >= 15 is 0 Å². The Morgan fingerprint density at radius 1 is 1.18 bits per heavy atom. The molecule has 1 aromatic carbocycles. The molecule has 1 amide bonds. The van der Waals surface area contributed by atoms with Gasteiger partial charge in [0.05, 0.1) is 10.6 Å². The minimum absolute atomic E-state index is 0.0732. The van der Waals surface area contributed by atoms with Gasteiger partial charge in [-0.3, -0.25) is 9.36 Å². The van der Waals surface area contributed by atoms with Crippen molar-refractivity contribution in [3.8, 4) is 16.4 Å². The average molecular weight is 413 g/mol. The first-order valence-electron chi connectivity index (χ1n) is 9.69. The van der Waals surface area contributed by atoms with Gasteiger partial charge < -0.3 is 5.32 Å². The molecule has 0 spiro atoms. The van der Waals surface area contributed by atoms with Crippen LogP contribution >= 0.6 is 23.1 Å². The number of hydrogen-bond donors (Lipinski definition) is 1. The van der Waals surface area contributed by atoms with Crippen LogP contribution in [-0.2, 0) is 4.79 Å². The number of nitrogens with one attached hydrogen (secondary N) is 1. The van der Waals surface area contributed by atoms with Crippen LogP contribution in [0.25, 0.3) is 16.4 Å². The summed E-state index contributed by atoms with van der Waals surface area (Å²) in [5.41, 5.74) is 1.000. The van der Waals surface area contributed by atoms with Crippen LogP contribution in [0, 0.1) is 5.92 Å². The number of carbonyl (C=O) groups is 1. The first-order chi connectivity index (χ1) is 13.7. The number of benzene rings is 1. The van der Waals surface area contributed by atoms with Crippen LogP contribution in [0.5, 0.6) is 0 Å². The second-order valence-electron chi connectivity index (χ2n) is 7.18. The summed E-state index contributed by atoms with van der Waals surface area (Å²) in [5.74, 6) is 1.79. The smallest absolute Gasteiger partial charge is 0.230 e. The molecule has 7 heteroatoms. The lowest BCUT2D eigenvalue weighted by Gasteiger charge is -2.29. The fraction of sp³-hybridized carbons (Fsp3) is 0.381. The van der Waals surface area contributed by atoms with Crippen molar-refractivity contribution < 1.29 is 4.79 Å². The zero-order valence-corrected chi connectivity index (χ0v) is 17.5. The van der Waals surface area contributed by atoms with Crippen molar-refractivity contribution in [3.63, 3.8) is 0 Å².